The molecule has 0 aromatic heterocycles. The topological polar surface area (TPSA) is 26.3 Å². The number of allylic oxidation sites excluding steroid dienone is 2. The lowest BCUT2D eigenvalue weighted by Gasteiger charge is -2.23. The second-order valence-electron chi connectivity index (χ2n) is 3.49. The van der Waals surface area contributed by atoms with Crippen LogP contribution in [0, 0.1) is 5.41 Å². The normalized spacial score (nSPS) is 15.7. The fraction of sp³-hybridized carbons (Fsp3) is 0.727. The van der Waals surface area contributed by atoms with Gasteiger partial charge in [0.05, 0.1) is 12.5 Å². The number of rotatable bonds is 5. The van der Waals surface area contributed by atoms with Gasteiger partial charge in [-0.1, -0.05) is 26.0 Å². The van der Waals surface area contributed by atoms with Crippen molar-refractivity contribution >= 4 is 5.97 Å². The Balaban J connectivity index is 4.27. The van der Waals surface area contributed by atoms with Crippen molar-refractivity contribution in [3.63, 3.8) is 0 Å². The van der Waals surface area contributed by atoms with Gasteiger partial charge in [-0.2, -0.15) is 0 Å². The first kappa shape index (κ1) is 12.2. The Hall–Kier alpha value is -0.790. The molecule has 76 valence electrons. The van der Waals surface area contributed by atoms with E-state index < -0.39 is 0 Å². The van der Waals surface area contributed by atoms with Crippen molar-refractivity contribution in [3.8, 4) is 0 Å². The molecule has 0 aliphatic heterocycles. The predicted molar refractivity (Wildman–Crippen MR) is 54.5 cm³/mol. The average molecular weight is 184 g/mol. The first-order valence-electron chi connectivity index (χ1n) is 4.84. The first-order valence-corrected chi connectivity index (χ1v) is 4.84. The number of hydrogen-bond donors (Lipinski definition) is 0. The van der Waals surface area contributed by atoms with Crippen LogP contribution in [-0.2, 0) is 9.53 Å². The number of esters is 1. The summed E-state index contributed by atoms with van der Waals surface area (Å²) in [6, 6.07) is 0. The fourth-order valence-electron chi connectivity index (χ4n) is 1.13. The lowest BCUT2D eigenvalue weighted by atomic mass is 9.84. The largest absolute Gasteiger partial charge is 0.469 e. The van der Waals surface area contributed by atoms with Gasteiger partial charge in [-0.3, -0.25) is 4.79 Å². The van der Waals surface area contributed by atoms with Gasteiger partial charge in [0.2, 0.25) is 0 Å². The molecule has 0 fully saturated rings. The van der Waals surface area contributed by atoms with E-state index in [1.807, 2.05) is 13.8 Å². The SMILES string of the molecule is CC/C=C/CC(C)(CC)C(=O)OC. The third-order valence-corrected chi connectivity index (χ3v) is 2.43. The number of hydrogen-bond acceptors (Lipinski definition) is 2. The highest BCUT2D eigenvalue weighted by atomic mass is 16.5. The Bertz CT molecular complexity index is 185. The molecule has 13 heavy (non-hydrogen) atoms. The molecule has 0 saturated heterocycles. The Morgan fingerprint density at radius 1 is 1.38 bits per heavy atom. The maximum Gasteiger partial charge on any atom is 0.311 e. The van der Waals surface area contributed by atoms with E-state index in [2.05, 4.69) is 19.1 Å². The molecule has 0 heterocycles. The van der Waals surface area contributed by atoms with E-state index in [-0.39, 0.29) is 11.4 Å². The quantitative estimate of drug-likeness (QED) is 0.485. The monoisotopic (exact) mass is 184 g/mol. The minimum atomic E-state index is -0.347. The van der Waals surface area contributed by atoms with Crippen molar-refractivity contribution in [2.24, 2.45) is 5.41 Å². The molecule has 0 saturated carbocycles. The second kappa shape index (κ2) is 5.79. The highest BCUT2D eigenvalue weighted by Crippen LogP contribution is 2.27. The molecule has 2 nitrogen and oxygen atoms in total. The molecule has 0 aliphatic rings. The summed E-state index contributed by atoms with van der Waals surface area (Å²) in [5, 5.41) is 0. The summed E-state index contributed by atoms with van der Waals surface area (Å²) in [5.41, 5.74) is -0.347. The zero-order valence-electron chi connectivity index (χ0n) is 9.09. The third-order valence-electron chi connectivity index (χ3n) is 2.43. The summed E-state index contributed by atoms with van der Waals surface area (Å²) in [6.07, 6.45) is 6.73. The smallest absolute Gasteiger partial charge is 0.311 e. The van der Waals surface area contributed by atoms with Crippen molar-refractivity contribution in [1.82, 2.24) is 0 Å². The molecule has 0 amide bonds. The van der Waals surface area contributed by atoms with Gasteiger partial charge >= 0.3 is 5.97 Å². The molecule has 0 bridgehead atoms. The number of carbonyl (C=O) groups is 1. The molecule has 0 rings (SSSR count). The Labute approximate surface area is 81.0 Å². The molecule has 0 N–H and O–H groups in total. The molecule has 0 spiro atoms. The standard InChI is InChI=1S/C11H20O2/c1-5-7-8-9-11(3,6-2)10(12)13-4/h7-8H,5-6,9H2,1-4H3/b8-7+. The van der Waals surface area contributed by atoms with Gasteiger partial charge in [-0.05, 0) is 26.2 Å². The Kier molecular flexibility index (Phi) is 5.44. The second-order valence-corrected chi connectivity index (χ2v) is 3.49. The van der Waals surface area contributed by atoms with Gasteiger partial charge in [0.15, 0.2) is 0 Å². The summed E-state index contributed by atoms with van der Waals surface area (Å²) >= 11 is 0. The van der Waals surface area contributed by atoms with Gasteiger partial charge < -0.3 is 4.74 Å². The summed E-state index contributed by atoms with van der Waals surface area (Å²) in [7, 11) is 1.44. The van der Waals surface area contributed by atoms with Gasteiger partial charge in [0, 0.05) is 0 Å². The summed E-state index contributed by atoms with van der Waals surface area (Å²) in [6.45, 7) is 6.04. The van der Waals surface area contributed by atoms with E-state index in [1.54, 1.807) is 0 Å². The van der Waals surface area contributed by atoms with Crippen LogP contribution in [0.4, 0.5) is 0 Å². The minimum Gasteiger partial charge on any atom is -0.469 e. The average Bonchev–Trinajstić information content (AvgIpc) is 2.16. The van der Waals surface area contributed by atoms with E-state index in [1.165, 1.54) is 7.11 Å². The number of methoxy groups -OCH3 is 1. The van der Waals surface area contributed by atoms with Crippen molar-refractivity contribution in [2.75, 3.05) is 7.11 Å². The van der Waals surface area contributed by atoms with Gasteiger partial charge in [0.25, 0.3) is 0 Å². The van der Waals surface area contributed by atoms with Crippen LogP contribution in [0.2, 0.25) is 0 Å². The van der Waals surface area contributed by atoms with E-state index in [0.717, 1.165) is 19.3 Å². The van der Waals surface area contributed by atoms with E-state index in [9.17, 15) is 4.79 Å². The number of ether oxygens (including phenoxy) is 1. The van der Waals surface area contributed by atoms with E-state index >= 15 is 0 Å². The van der Waals surface area contributed by atoms with Crippen molar-refractivity contribution in [3.05, 3.63) is 12.2 Å². The third kappa shape index (κ3) is 3.62. The molecular formula is C11H20O2. The lowest BCUT2D eigenvalue weighted by Crippen LogP contribution is -2.27. The highest BCUT2D eigenvalue weighted by Gasteiger charge is 2.30. The zero-order chi connectivity index (χ0) is 10.3. The van der Waals surface area contributed by atoms with Crippen molar-refractivity contribution in [1.29, 1.82) is 0 Å². The molecule has 0 aromatic rings. The van der Waals surface area contributed by atoms with E-state index in [4.69, 9.17) is 4.74 Å². The van der Waals surface area contributed by atoms with E-state index in [0.29, 0.717) is 0 Å². The lowest BCUT2D eigenvalue weighted by molar-refractivity contribution is -0.151. The van der Waals surface area contributed by atoms with Crippen molar-refractivity contribution in [2.45, 2.75) is 40.0 Å². The maximum atomic E-state index is 11.4. The molecule has 1 atom stereocenters. The summed E-state index contributed by atoms with van der Waals surface area (Å²) in [4.78, 5) is 11.4. The van der Waals surface area contributed by atoms with Crippen LogP contribution >= 0.6 is 0 Å². The molecule has 2 heteroatoms. The summed E-state index contributed by atoms with van der Waals surface area (Å²) in [5.74, 6) is -0.115. The number of carbonyl (C=O) groups excluding carboxylic acids is 1. The molecule has 1 unspecified atom stereocenters. The van der Waals surface area contributed by atoms with Gasteiger partial charge in [0.1, 0.15) is 0 Å². The van der Waals surface area contributed by atoms with Crippen LogP contribution in [0.15, 0.2) is 12.2 Å². The van der Waals surface area contributed by atoms with Crippen LogP contribution in [0.3, 0.4) is 0 Å². The first-order chi connectivity index (χ1) is 6.10. The molecule has 0 aromatic carbocycles. The fourth-order valence-corrected chi connectivity index (χ4v) is 1.13. The highest BCUT2D eigenvalue weighted by molar-refractivity contribution is 5.76. The van der Waals surface area contributed by atoms with Gasteiger partial charge in [-0.15, -0.1) is 0 Å². The minimum absolute atomic E-state index is 0.115. The van der Waals surface area contributed by atoms with Crippen molar-refractivity contribution < 1.29 is 9.53 Å². The van der Waals surface area contributed by atoms with Crippen LogP contribution < -0.4 is 0 Å². The van der Waals surface area contributed by atoms with Crippen LogP contribution in [0.25, 0.3) is 0 Å². The van der Waals surface area contributed by atoms with Crippen LogP contribution in [0.1, 0.15) is 40.0 Å². The molecular weight excluding hydrogens is 164 g/mol. The van der Waals surface area contributed by atoms with Gasteiger partial charge in [-0.25, -0.2) is 0 Å². The maximum absolute atomic E-state index is 11.4. The molecule has 0 aliphatic carbocycles. The zero-order valence-corrected chi connectivity index (χ0v) is 9.09. The Morgan fingerprint density at radius 3 is 2.38 bits per heavy atom. The predicted octanol–water partition coefficient (Wildman–Crippen LogP) is 2.93. The summed E-state index contributed by atoms with van der Waals surface area (Å²) < 4.78 is 4.76. The Morgan fingerprint density at radius 2 is 2.00 bits per heavy atom. The molecule has 0 radical (unpaired) electrons. The van der Waals surface area contributed by atoms with Crippen LogP contribution in [-0.4, -0.2) is 13.1 Å². The van der Waals surface area contributed by atoms with Crippen LogP contribution in [0.5, 0.6) is 0 Å².